The molecular formula is C14H23N3O. The van der Waals surface area contributed by atoms with Crippen LogP contribution in [0.3, 0.4) is 0 Å². The van der Waals surface area contributed by atoms with Gasteiger partial charge in [0, 0.05) is 12.1 Å². The molecule has 0 aliphatic heterocycles. The first-order valence-electron chi connectivity index (χ1n) is 6.24. The van der Waals surface area contributed by atoms with Gasteiger partial charge in [-0.05, 0) is 44.9 Å². The Morgan fingerprint density at radius 2 is 1.72 bits per heavy atom. The molecule has 4 N–H and O–H groups in total. The van der Waals surface area contributed by atoms with Crippen molar-refractivity contribution >= 4 is 6.03 Å². The molecule has 0 radical (unpaired) electrons. The maximum absolute atomic E-state index is 11.6. The standard InChI is InChI=1S/C14H23N3O/c1-14(2,3)17-13(18)16-10-12-6-4-11(5-7-12)8-9-15/h4-7H,8-10,15H2,1-3H3,(H2,16,17,18). The summed E-state index contributed by atoms with van der Waals surface area (Å²) >= 11 is 0. The summed E-state index contributed by atoms with van der Waals surface area (Å²) in [5.74, 6) is 0. The molecule has 1 aromatic carbocycles. The fourth-order valence-electron chi connectivity index (χ4n) is 1.56. The normalized spacial score (nSPS) is 11.1. The van der Waals surface area contributed by atoms with Gasteiger partial charge in [0.1, 0.15) is 0 Å². The molecule has 0 spiro atoms. The minimum absolute atomic E-state index is 0.145. The van der Waals surface area contributed by atoms with Crippen LogP contribution < -0.4 is 16.4 Å². The molecule has 0 saturated heterocycles. The summed E-state index contributed by atoms with van der Waals surface area (Å²) < 4.78 is 0. The zero-order chi connectivity index (χ0) is 13.6. The van der Waals surface area contributed by atoms with Gasteiger partial charge in [0.25, 0.3) is 0 Å². The van der Waals surface area contributed by atoms with Crippen molar-refractivity contribution in [1.29, 1.82) is 0 Å². The number of nitrogens with one attached hydrogen (secondary N) is 2. The van der Waals surface area contributed by atoms with E-state index in [0.717, 1.165) is 12.0 Å². The maximum Gasteiger partial charge on any atom is 0.315 e. The van der Waals surface area contributed by atoms with E-state index in [1.54, 1.807) is 0 Å². The fraction of sp³-hybridized carbons (Fsp3) is 0.500. The summed E-state index contributed by atoms with van der Waals surface area (Å²) in [6, 6.07) is 7.98. The number of carbonyl (C=O) groups excluding carboxylic acids is 1. The summed E-state index contributed by atoms with van der Waals surface area (Å²) in [6.07, 6.45) is 0.887. The summed E-state index contributed by atoms with van der Waals surface area (Å²) in [7, 11) is 0. The molecule has 0 saturated carbocycles. The Hall–Kier alpha value is -1.55. The van der Waals surface area contributed by atoms with Crippen molar-refractivity contribution in [3.8, 4) is 0 Å². The topological polar surface area (TPSA) is 67.2 Å². The van der Waals surface area contributed by atoms with Crippen LogP contribution in [0.25, 0.3) is 0 Å². The molecule has 0 fully saturated rings. The van der Waals surface area contributed by atoms with Gasteiger partial charge in [-0.3, -0.25) is 0 Å². The van der Waals surface area contributed by atoms with Gasteiger partial charge in [-0.25, -0.2) is 4.79 Å². The molecule has 4 nitrogen and oxygen atoms in total. The van der Waals surface area contributed by atoms with Crippen LogP contribution >= 0.6 is 0 Å². The molecule has 0 atom stereocenters. The minimum atomic E-state index is -0.213. The smallest absolute Gasteiger partial charge is 0.315 e. The largest absolute Gasteiger partial charge is 0.334 e. The van der Waals surface area contributed by atoms with E-state index in [4.69, 9.17) is 5.73 Å². The average molecular weight is 249 g/mol. The molecule has 1 rings (SSSR count). The molecule has 0 aliphatic carbocycles. The van der Waals surface area contributed by atoms with Crippen LogP contribution in [0.4, 0.5) is 4.79 Å². The molecule has 100 valence electrons. The van der Waals surface area contributed by atoms with Crippen molar-refractivity contribution in [3.63, 3.8) is 0 Å². The van der Waals surface area contributed by atoms with E-state index in [1.165, 1.54) is 5.56 Å². The van der Waals surface area contributed by atoms with Gasteiger partial charge in [-0.1, -0.05) is 24.3 Å². The van der Waals surface area contributed by atoms with Crippen LogP contribution in [0.1, 0.15) is 31.9 Å². The zero-order valence-electron chi connectivity index (χ0n) is 11.4. The number of hydrogen-bond acceptors (Lipinski definition) is 2. The molecule has 4 heteroatoms. The van der Waals surface area contributed by atoms with Gasteiger partial charge in [0.15, 0.2) is 0 Å². The van der Waals surface area contributed by atoms with Gasteiger partial charge in [-0.2, -0.15) is 0 Å². The Bertz CT molecular complexity index is 379. The molecule has 0 bridgehead atoms. The lowest BCUT2D eigenvalue weighted by molar-refractivity contribution is 0.231. The second kappa shape index (κ2) is 6.40. The first-order valence-corrected chi connectivity index (χ1v) is 6.24. The summed E-state index contributed by atoms with van der Waals surface area (Å²) in [4.78, 5) is 11.6. The lowest BCUT2D eigenvalue weighted by atomic mass is 10.1. The summed E-state index contributed by atoms with van der Waals surface area (Å²) in [5, 5.41) is 5.69. The highest BCUT2D eigenvalue weighted by Crippen LogP contribution is 2.05. The van der Waals surface area contributed by atoms with Crippen LogP contribution in [0.15, 0.2) is 24.3 Å². The van der Waals surface area contributed by atoms with Crippen LogP contribution in [-0.2, 0) is 13.0 Å². The van der Waals surface area contributed by atoms with Crippen molar-refractivity contribution in [2.75, 3.05) is 6.54 Å². The van der Waals surface area contributed by atoms with Crippen molar-refractivity contribution in [3.05, 3.63) is 35.4 Å². The van der Waals surface area contributed by atoms with E-state index in [-0.39, 0.29) is 11.6 Å². The average Bonchev–Trinajstić information content (AvgIpc) is 2.26. The molecule has 0 aliphatic rings. The number of carbonyl (C=O) groups is 1. The van der Waals surface area contributed by atoms with E-state index >= 15 is 0 Å². The van der Waals surface area contributed by atoms with Crippen molar-refractivity contribution in [2.45, 2.75) is 39.3 Å². The van der Waals surface area contributed by atoms with Gasteiger partial charge in [0.2, 0.25) is 0 Å². The van der Waals surface area contributed by atoms with Gasteiger partial charge >= 0.3 is 6.03 Å². The zero-order valence-corrected chi connectivity index (χ0v) is 11.4. The monoisotopic (exact) mass is 249 g/mol. The maximum atomic E-state index is 11.6. The fourth-order valence-corrected chi connectivity index (χ4v) is 1.56. The quantitative estimate of drug-likeness (QED) is 0.761. The predicted octanol–water partition coefficient (Wildman–Crippen LogP) is 1.79. The third kappa shape index (κ3) is 5.68. The highest BCUT2D eigenvalue weighted by Gasteiger charge is 2.12. The highest BCUT2D eigenvalue weighted by molar-refractivity contribution is 5.74. The lowest BCUT2D eigenvalue weighted by Crippen LogP contribution is -2.46. The van der Waals surface area contributed by atoms with E-state index in [1.807, 2.05) is 45.0 Å². The van der Waals surface area contributed by atoms with Gasteiger partial charge in [-0.15, -0.1) is 0 Å². The van der Waals surface area contributed by atoms with Crippen LogP contribution in [-0.4, -0.2) is 18.1 Å². The van der Waals surface area contributed by atoms with E-state index < -0.39 is 0 Å². The van der Waals surface area contributed by atoms with Crippen LogP contribution in [0.2, 0.25) is 0 Å². The lowest BCUT2D eigenvalue weighted by Gasteiger charge is -2.20. The van der Waals surface area contributed by atoms with E-state index in [9.17, 15) is 4.79 Å². The molecular weight excluding hydrogens is 226 g/mol. The van der Waals surface area contributed by atoms with Crippen LogP contribution in [0.5, 0.6) is 0 Å². The second-order valence-corrected chi connectivity index (χ2v) is 5.41. The second-order valence-electron chi connectivity index (χ2n) is 5.41. The van der Waals surface area contributed by atoms with Crippen LogP contribution in [0, 0.1) is 0 Å². The Labute approximate surface area is 109 Å². The van der Waals surface area contributed by atoms with Crippen molar-refractivity contribution in [2.24, 2.45) is 5.73 Å². The van der Waals surface area contributed by atoms with E-state index in [0.29, 0.717) is 13.1 Å². The number of hydrogen-bond donors (Lipinski definition) is 3. The Morgan fingerprint density at radius 1 is 1.17 bits per heavy atom. The van der Waals surface area contributed by atoms with Crippen molar-refractivity contribution < 1.29 is 4.79 Å². The number of benzene rings is 1. The Kier molecular flexibility index (Phi) is 5.16. The first kappa shape index (κ1) is 14.5. The summed E-state index contributed by atoms with van der Waals surface area (Å²) in [6.45, 7) is 7.05. The molecule has 0 heterocycles. The number of rotatable bonds is 4. The molecule has 18 heavy (non-hydrogen) atoms. The molecule has 0 unspecified atom stereocenters. The van der Waals surface area contributed by atoms with Crippen molar-refractivity contribution in [1.82, 2.24) is 10.6 Å². The van der Waals surface area contributed by atoms with Gasteiger partial charge < -0.3 is 16.4 Å². The van der Waals surface area contributed by atoms with Gasteiger partial charge in [0.05, 0.1) is 0 Å². The number of urea groups is 1. The first-order chi connectivity index (χ1) is 8.40. The molecule has 0 aromatic heterocycles. The Balaban J connectivity index is 2.41. The summed E-state index contributed by atoms with van der Waals surface area (Å²) in [5.41, 5.74) is 7.58. The minimum Gasteiger partial charge on any atom is -0.334 e. The predicted molar refractivity (Wildman–Crippen MR) is 74.3 cm³/mol. The third-order valence-electron chi connectivity index (χ3n) is 2.40. The number of amides is 2. The number of nitrogens with two attached hydrogens (primary N) is 1. The highest BCUT2D eigenvalue weighted by atomic mass is 16.2. The molecule has 2 amide bonds. The third-order valence-corrected chi connectivity index (χ3v) is 2.40. The SMILES string of the molecule is CC(C)(C)NC(=O)NCc1ccc(CCN)cc1. The van der Waals surface area contributed by atoms with E-state index in [2.05, 4.69) is 10.6 Å². The molecule has 1 aromatic rings. The Morgan fingerprint density at radius 3 is 2.22 bits per heavy atom.